The molecule has 0 radical (unpaired) electrons. The minimum absolute atomic E-state index is 0.234. The van der Waals surface area contributed by atoms with Gasteiger partial charge in [0.2, 0.25) is 0 Å². The number of nitrogens with one attached hydrogen (secondary N) is 1. The summed E-state index contributed by atoms with van der Waals surface area (Å²) < 4.78 is 0. The van der Waals surface area contributed by atoms with Crippen molar-refractivity contribution in [1.29, 1.82) is 0 Å². The van der Waals surface area contributed by atoms with Gasteiger partial charge in [-0.25, -0.2) is 0 Å². The van der Waals surface area contributed by atoms with E-state index in [0.29, 0.717) is 12.0 Å². The maximum atomic E-state index is 3.54. The van der Waals surface area contributed by atoms with Crippen LogP contribution >= 0.6 is 0 Å². The van der Waals surface area contributed by atoms with Crippen LogP contribution in [0.5, 0.6) is 0 Å². The third-order valence-corrected chi connectivity index (χ3v) is 4.04. The molecule has 0 bridgehead atoms. The van der Waals surface area contributed by atoms with Crippen molar-refractivity contribution in [2.75, 3.05) is 24.5 Å². The molecular weight excluding hydrogens is 232 g/mol. The van der Waals surface area contributed by atoms with E-state index in [2.05, 4.69) is 69.1 Å². The molecule has 2 rings (SSSR count). The maximum Gasteiger partial charge on any atom is 0.0386 e. The van der Waals surface area contributed by atoms with Crippen molar-refractivity contribution < 1.29 is 0 Å². The largest absolute Gasteiger partial charge is 0.367 e. The zero-order valence-electron chi connectivity index (χ0n) is 13.0. The first-order valence-corrected chi connectivity index (χ1v) is 7.46. The van der Waals surface area contributed by atoms with Gasteiger partial charge < -0.3 is 10.2 Å². The van der Waals surface area contributed by atoms with Crippen molar-refractivity contribution in [1.82, 2.24) is 5.32 Å². The molecule has 0 spiro atoms. The van der Waals surface area contributed by atoms with E-state index in [-0.39, 0.29) is 5.41 Å². The van der Waals surface area contributed by atoms with Crippen LogP contribution in [0.25, 0.3) is 0 Å². The van der Waals surface area contributed by atoms with Gasteiger partial charge in [-0.15, -0.1) is 0 Å². The van der Waals surface area contributed by atoms with Crippen LogP contribution in [-0.4, -0.2) is 25.7 Å². The Morgan fingerprint density at radius 1 is 1.05 bits per heavy atom. The zero-order chi connectivity index (χ0) is 14.0. The normalized spacial score (nSPS) is 25.2. The third kappa shape index (κ3) is 3.50. The first-order valence-electron chi connectivity index (χ1n) is 7.46. The Labute approximate surface area is 118 Å². The monoisotopic (exact) mass is 260 g/mol. The van der Waals surface area contributed by atoms with Gasteiger partial charge in [0.1, 0.15) is 0 Å². The predicted molar refractivity (Wildman–Crippen MR) is 84.0 cm³/mol. The average molecular weight is 260 g/mol. The lowest BCUT2D eigenvalue weighted by Crippen LogP contribution is -2.38. The number of rotatable bonds is 1. The number of hydrogen-bond acceptors (Lipinski definition) is 2. The van der Waals surface area contributed by atoms with Crippen LogP contribution in [0.15, 0.2) is 24.3 Å². The SMILES string of the molecule is CC1CNCC(C)N(c2ccc(C(C)(C)C)cc2)C1. The van der Waals surface area contributed by atoms with E-state index in [1.165, 1.54) is 11.3 Å². The summed E-state index contributed by atoms with van der Waals surface area (Å²) in [7, 11) is 0. The van der Waals surface area contributed by atoms with Crippen molar-refractivity contribution in [3.05, 3.63) is 29.8 Å². The molecule has 1 saturated heterocycles. The molecule has 0 aromatic heterocycles. The minimum Gasteiger partial charge on any atom is -0.367 e. The highest BCUT2D eigenvalue weighted by molar-refractivity contribution is 5.49. The summed E-state index contributed by atoms with van der Waals surface area (Å²) >= 11 is 0. The van der Waals surface area contributed by atoms with Gasteiger partial charge in [-0.3, -0.25) is 0 Å². The minimum atomic E-state index is 0.234. The van der Waals surface area contributed by atoms with Crippen LogP contribution in [0.4, 0.5) is 5.69 Å². The fourth-order valence-corrected chi connectivity index (χ4v) is 2.74. The van der Waals surface area contributed by atoms with Crippen molar-refractivity contribution in [2.45, 2.75) is 46.1 Å². The molecule has 1 fully saturated rings. The van der Waals surface area contributed by atoms with E-state index in [4.69, 9.17) is 0 Å². The first-order chi connectivity index (χ1) is 8.88. The molecule has 0 amide bonds. The molecule has 2 heteroatoms. The fraction of sp³-hybridized carbons (Fsp3) is 0.647. The summed E-state index contributed by atoms with van der Waals surface area (Å²) in [5, 5.41) is 3.54. The summed E-state index contributed by atoms with van der Waals surface area (Å²) in [6.07, 6.45) is 0. The highest BCUT2D eigenvalue weighted by atomic mass is 15.2. The quantitative estimate of drug-likeness (QED) is 0.832. The summed E-state index contributed by atoms with van der Waals surface area (Å²) in [6.45, 7) is 14.8. The second-order valence-corrected chi connectivity index (χ2v) is 7.06. The van der Waals surface area contributed by atoms with Crippen LogP contribution in [0, 0.1) is 5.92 Å². The molecule has 1 aliphatic rings. The average Bonchev–Trinajstić information content (AvgIpc) is 2.50. The summed E-state index contributed by atoms with van der Waals surface area (Å²) in [5.74, 6) is 0.701. The van der Waals surface area contributed by atoms with Crippen molar-refractivity contribution in [3.63, 3.8) is 0 Å². The van der Waals surface area contributed by atoms with Crippen LogP contribution in [0.2, 0.25) is 0 Å². The Morgan fingerprint density at radius 3 is 2.26 bits per heavy atom. The zero-order valence-corrected chi connectivity index (χ0v) is 13.0. The maximum absolute atomic E-state index is 3.54. The molecule has 0 aliphatic carbocycles. The lowest BCUT2D eigenvalue weighted by Gasteiger charge is -2.31. The van der Waals surface area contributed by atoms with Crippen LogP contribution in [-0.2, 0) is 5.41 Å². The first kappa shape index (κ1) is 14.4. The lowest BCUT2D eigenvalue weighted by molar-refractivity contribution is 0.563. The number of hydrogen-bond donors (Lipinski definition) is 1. The van der Waals surface area contributed by atoms with Gasteiger partial charge in [-0.1, -0.05) is 39.8 Å². The molecule has 106 valence electrons. The topological polar surface area (TPSA) is 15.3 Å². The Bertz CT molecular complexity index is 402. The summed E-state index contributed by atoms with van der Waals surface area (Å²) in [6, 6.07) is 9.70. The van der Waals surface area contributed by atoms with E-state index in [0.717, 1.165) is 19.6 Å². The Hall–Kier alpha value is -1.02. The summed E-state index contributed by atoms with van der Waals surface area (Å²) in [5.41, 5.74) is 3.00. The molecular formula is C17H28N2. The Morgan fingerprint density at radius 2 is 1.68 bits per heavy atom. The Kier molecular flexibility index (Phi) is 4.19. The highest BCUT2D eigenvalue weighted by Crippen LogP contribution is 2.26. The number of benzene rings is 1. The van der Waals surface area contributed by atoms with Crippen molar-refractivity contribution in [2.24, 2.45) is 5.92 Å². The molecule has 19 heavy (non-hydrogen) atoms. The van der Waals surface area contributed by atoms with Crippen LogP contribution < -0.4 is 10.2 Å². The predicted octanol–water partition coefficient (Wildman–Crippen LogP) is 3.42. The van der Waals surface area contributed by atoms with Crippen molar-refractivity contribution >= 4 is 5.69 Å². The standard InChI is InChI=1S/C17H28N2/c1-13-10-18-11-14(2)19(12-13)16-8-6-15(7-9-16)17(3,4)5/h6-9,13-14,18H,10-12H2,1-5H3. The van der Waals surface area contributed by atoms with E-state index >= 15 is 0 Å². The van der Waals surface area contributed by atoms with Gasteiger partial charge in [0.25, 0.3) is 0 Å². The van der Waals surface area contributed by atoms with E-state index < -0.39 is 0 Å². The molecule has 1 N–H and O–H groups in total. The van der Waals surface area contributed by atoms with Crippen LogP contribution in [0.3, 0.4) is 0 Å². The second kappa shape index (κ2) is 5.54. The van der Waals surface area contributed by atoms with Crippen molar-refractivity contribution in [3.8, 4) is 0 Å². The molecule has 2 unspecified atom stereocenters. The van der Waals surface area contributed by atoms with E-state index in [1.807, 2.05) is 0 Å². The third-order valence-electron chi connectivity index (χ3n) is 4.04. The van der Waals surface area contributed by atoms with Gasteiger partial charge in [0.05, 0.1) is 0 Å². The van der Waals surface area contributed by atoms with Gasteiger partial charge >= 0.3 is 0 Å². The molecule has 1 aliphatic heterocycles. The summed E-state index contributed by atoms with van der Waals surface area (Å²) in [4.78, 5) is 2.54. The second-order valence-electron chi connectivity index (χ2n) is 7.06. The van der Waals surface area contributed by atoms with E-state index in [9.17, 15) is 0 Å². The number of anilines is 1. The van der Waals surface area contributed by atoms with Gasteiger partial charge in [-0.2, -0.15) is 0 Å². The van der Waals surface area contributed by atoms with E-state index in [1.54, 1.807) is 0 Å². The molecule has 1 heterocycles. The molecule has 0 saturated carbocycles. The lowest BCUT2D eigenvalue weighted by atomic mass is 9.87. The Balaban J connectivity index is 2.20. The smallest absolute Gasteiger partial charge is 0.0386 e. The van der Waals surface area contributed by atoms with Gasteiger partial charge in [-0.05, 0) is 42.5 Å². The highest BCUT2D eigenvalue weighted by Gasteiger charge is 2.21. The van der Waals surface area contributed by atoms with Gasteiger partial charge in [0.15, 0.2) is 0 Å². The fourth-order valence-electron chi connectivity index (χ4n) is 2.74. The molecule has 1 aromatic carbocycles. The molecule has 1 aromatic rings. The van der Waals surface area contributed by atoms with Crippen LogP contribution in [0.1, 0.15) is 40.2 Å². The van der Waals surface area contributed by atoms with Gasteiger partial charge in [0, 0.05) is 24.8 Å². The molecule has 2 nitrogen and oxygen atoms in total. The molecule has 2 atom stereocenters. The number of nitrogens with zero attached hydrogens (tertiary/aromatic N) is 1.